The summed E-state index contributed by atoms with van der Waals surface area (Å²) >= 11 is 17.5. The molecule has 1 fully saturated rings. The second kappa shape index (κ2) is 13.7. The van der Waals surface area contributed by atoms with Crippen LogP contribution in [0.15, 0.2) is 48.5 Å². The van der Waals surface area contributed by atoms with Crippen LogP contribution < -0.4 is 16.0 Å². The lowest BCUT2D eigenvalue weighted by Gasteiger charge is -2.14. The summed E-state index contributed by atoms with van der Waals surface area (Å²) in [5, 5.41) is 5.62. The fourth-order valence-electron chi connectivity index (χ4n) is 4.50. The van der Waals surface area contributed by atoms with Crippen molar-refractivity contribution in [1.82, 2.24) is 0 Å². The summed E-state index contributed by atoms with van der Waals surface area (Å²) < 4.78 is 144. The largest absolute Gasteiger partial charge is 0.442 e. The highest BCUT2D eigenvalue weighted by Crippen LogP contribution is 2.65. The van der Waals surface area contributed by atoms with Crippen LogP contribution in [0.4, 0.5) is 65.4 Å². The summed E-state index contributed by atoms with van der Waals surface area (Å²) in [5.41, 5.74) is -11.4. The van der Waals surface area contributed by atoms with Crippen LogP contribution in [0.3, 0.4) is 0 Å². The van der Waals surface area contributed by atoms with Gasteiger partial charge < -0.3 is 16.0 Å². The first-order valence-electron chi connectivity index (χ1n) is 13.0. The van der Waals surface area contributed by atoms with E-state index in [-0.39, 0.29) is 16.8 Å². The van der Waals surface area contributed by atoms with Gasteiger partial charge in [-0.15, -0.1) is 23.2 Å². The van der Waals surface area contributed by atoms with Crippen LogP contribution >= 0.6 is 46.6 Å². The predicted octanol–water partition coefficient (Wildman–Crippen LogP) is 9.63. The molecule has 21 heteroatoms. The van der Waals surface area contributed by atoms with E-state index in [0.717, 1.165) is 18.2 Å². The number of carbonyl (C=O) groups is 3. The van der Waals surface area contributed by atoms with Gasteiger partial charge in [0, 0.05) is 11.6 Å². The van der Waals surface area contributed by atoms with Gasteiger partial charge in [-0.2, -0.15) is 39.5 Å². The van der Waals surface area contributed by atoms with Crippen molar-refractivity contribution < 1.29 is 62.7 Å². The molecule has 0 aromatic heterocycles. The predicted molar refractivity (Wildman–Crippen MR) is 159 cm³/mol. The van der Waals surface area contributed by atoms with Gasteiger partial charge in [0.1, 0.15) is 15.8 Å². The molecule has 1 aliphatic carbocycles. The first-order valence-corrected chi connectivity index (χ1v) is 15.1. The van der Waals surface area contributed by atoms with Gasteiger partial charge >= 0.3 is 17.9 Å². The Bertz CT molecular complexity index is 1790. The highest BCUT2D eigenvalue weighted by Gasteiger charge is 2.68. The quantitative estimate of drug-likeness (QED) is 0.157. The molecule has 0 bridgehead atoms. The van der Waals surface area contributed by atoms with Crippen LogP contribution in [-0.4, -0.2) is 33.3 Å². The fourth-order valence-corrected chi connectivity index (χ4v) is 5.90. The van der Waals surface area contributed by atoms with Gasteiger partial charge in [-0.3, -0.25) is 14.4 Å². The highest BCUT2D eigenvalue weighted by atomic mass is 35.5. The average molecular weight is 789 g/mol. The van der Waals surface area contributed by atoms with Gasteiger partial charge in [-0.25, -0.2) is 8.78 Å². The molecule has 264 valence electrons. The van der Waals surface area contributed by atoms with Crippen molar-refractivity contribution in [3.63, 3.8) is 0 Å². The van der Waals surface area contributed by atoms with E-state index in [1.165, 1.54) is 0 Å². The molecule has 6 nitrogen and oxygen atoms in total. The maximum absolute atomic E-state index is 15.0. The zero-order chi connectivity index (χ0) is 36.9. The number of benzene rings is 3. The van der Waals surface area contributed by atoms with Crippen molar-refractivity contribution in [2.75, 3.05) is 21.7 Å². The maximum Gasteiger partial charge on any atom is 0.442 e. The number of anilines is 3. The molecule has 3 aromatic rings. The Morgan fingerprint density at radius 1 is 0.796 bits per heavy atom. The summed E-state index contributed by atoms with van der Waals surface area (Å²) in [6, 6.07) is 5.08. The number of nitrogens with one attached hydrogen (secondary N) is 3. The Balaban J connectivity index is 1.53. The van der Waals surface area contributed by atoms with E-state index in [9.17, 15) is 62.7 Å². The number of amides is 3. The number of hydrogen-bond acceptors (Lipinski definition) is 4. The number of carbonyl (C=O) groups excluding carboxylic acids is 3. The van der Waals surface area contributed by atoms with Crippen LogP contribution in [0.1, 0.15) is 33.0 Å². The van der Waals surface area contributed by atoms with Gasteiger partial charge in [-0.1, -0.05) is 11.6 Å². The molecule has 4 rings (SSSR count). The topological polar surface area (TPSA) is 87.3 Å². The minimum absolute atomic E-state index is 0.113. The molecule has 3 aromatic carbocycles. The first-order chi connectivity index (χ1) is 22.4. The summed E-state index contributed by atoms with van der Waals surface area (Å²) in [7, 11) is 0. The first kappa shape index (κ1) is 38.3. The molecule has 49 heavy (non-hydrogen) atoms. The van der Waals surface area contributed by atoms with Crippen molar-refractivity contribution in [3.05, 3.63) is 87.4 Å². The molecule has 3 amide bonds. The molecule has 0 heterocycles. The van der Waals surface area contributed by atoms with Gasteiger partial charge in [0.15, 0.2) is 5.82 Å². The standard InChI is InChI=1S/C28H15Cl3F11N3O3S/c29-15-2-1-13(8-14(15)23(47)44-17-4-3-16(32)22(21(17)33)45-18(46)9-49-28(40,41)42)43-24(48)20-19(25(20,30)31)10-5-11(26(34,35)36)7-12(6-10)27(37,38)39/h1-8,19-20H,9H2,(H,43,48)(H,44,47)(H,45,46). The third kappa shape index (κ3) is 9.01. The second-order valence-corrected chi connectivity index (χ2v) is 13.1. The van der Waals surface area contributed by atoms with Gasteiger partial charge in [0.25, 0.3) is 5.91 Å². The summed E-state index contributed by atoms with van der Waals surface area (Å²) in [5.74, 6) is -11.0. The van der Waals surface area contributed by atoms with Gasteiger partial charge in [0.2, 0.25) is 11.8 Å². The SMILES string of the molecule is O=C(CSC(F)(F)F)Nc1c(F)ccc(NC(=O)c2cc(NC(=O)C3C(c4cc(C(F)(F)F)cc(C(F)(F)F)c4)C3(Cl)Cl)ccc2Cl)c1F. The lowest BCUT2D eigenvalue weighted by molar-refractivity contribution is -0.143. The Kier molecular flexibility index (Phi) is 10.7. The molecular formula is C28H15Cl3F11N3O3S. The third-order valence-electron chi connectivity index (χ3n) is 6.75. The average Bonchev–Trinajstić information content (AvgIpc) is 3.56. The van der Waals surface area contributed by atoms with Crippen LogP contribution in [-0.2, 0) is 21.9 Å². The van der Waals surface area contributed by atoms with E-state index in [0.29, 0.717) is 24.3 Å². The van der Waals surface area contributed by atoms with Crippen LogP contribution in [0.5, 0.6) is 0 Å². The molecule has 0 saturated heterocycles. The van der Waals surface area contributed by atoms with E-state index in [4.69, 9.17) is 34.8 Å². The van der Waals surface area contributed by atoms with E-state index in [1.807, 2.05) is 5.32 Å². The van der Waals surface area contributed by atoms with Crippen molar-refractivity contribution in [2.24, 2.45) is 5.92 Å². The van der Waals surface area contributed by atoms with Crippen molar-refractivity contribution in [2.45, 2.75) is 28.1 Å². The van der Waals surface area contributed by atoms with Gasteiger partial charge in [0.05, 0.1) is 39.1 Å². The summed E-state index contributed by atoms with van der Waals surface area (Å²) in [4.78, 5) is 37.8. The van der Waals surface area contributed by atoms with Crippen molar-refractivity contribution in [3.8, 4) is 0 Å². The lowest BCUT2D eigenvalue weighted by atomic mass is 10.0. The third-order valence-corrected chi connectivity index (χ3v) is 8.76. The van der Waals surface area contributed by atoms with Crippen LogP contribution in [0, 0.1) is 17.6 Å². The van der Waals surface area contributed by atoms with Crippen LogP contribution in [0.2, 0.25) is 5.02 Å². The van der Waals surface area contributed by atoms with Gasteiger partial charge in [-0.05, 0) is 65.9 Å². The number of halogens is 14. The molecule has 0 radical (unpaired) electrons. The number of rotatable bonds is 8. The molecule has 1 saturated carbocycles. The van der Waals surface area contributed by atoms with Crippen molar-refractivity contribution in [1.29, 1.82) is 0 Å². The Labute approximate surface area is 286 Å². The molecule has 2 unspecified atom stereocenters. The zero-order valence-corrected chi connectivity index (χ0v) is 26.5. The fraction of sp³-hybridized carbons (Fsp3) is 0.250. The molecular weight excluding hydrogens is 774 g/mol. The molecule has 0 spiro atoms. The van der Waals surface area contributed by atoms with E-state index >= 15 is 0 Å². The zero-order valence-electron chi connectivity index (χ0n) is 23.4. The van der Waals surface area contributed by atoms with E-state index in [2.05, 4.69) is 5.32 Å². The van der Waals surface area contributed by atoms with E-state index < -0.39 is 115 Å². The Hall–Kier alpha value is -3.48. The second-order valence-electron chi connectivity index (χ2n) is 10.2. The maximum atomic E-state index is 15.0. The van der Waals surface area contributed by atoms with Crippen LogP contribution in [0.25, 0.3) is 0 Å². The Morgan fingerprint density at radius 3 is 1.94 bits per heavy atom. The number of alkyl halides is 11. The number of thioether (sulfide) groups is 1. The Morgan fingerprint density at radius 2 is 1.39 bits per heavy atom. The summed E-state index contributed by atoms with van der Waals surface area (Å²) in [6.45, 7) is 0. The molecule has 1 aliphatic rings. The molecule has 0 aliphatic heterocycles. The monoisotopic (exact) mass is 787 g/mol. The molecule has 3 N–H and O–H groups in total. The summed E-state index contributed by atoms with van der Waals surface area (Å²) in [6.07, 6.45) is -10.4. The number of hydrogen-bond donors (Lipinski definition) is 3. The van der Waals surface area contributed by atoms with E-state index in [1.54, 1.807) is 5.32 Å². The lowest BCUT2D eigenvalue weighted by Crippen LogP contribution is -2.20. The minimum atomic E-state index is -5.19. The highest BCUT2D eigenvalue weighted by molar-refractivity contribution is 8.00. The van der Waals surface area contributed by atoms with Crippen molar-refractivity contribution >= 4 is 81.3 Å². The molecule has 2 atom stereocenters. The minimum Gasteiger partial charge on any atom is -0.326 e. The smallest absolute Gasteiger partial charge is 0.326 e. The normalized spacial score (nSPS) is 17.3.